The number of Topliss-reactive ketones (excluding diaryl/α,β-unsaturated/α-hetero) is 1. The largest absolute Gasteiger partial charge is 0.461 e. The van der Waals surface area contributed by atoms with Gasteiger partial charge in [0, 0.05) is 29.1 Å². The maximum atomic E-state index is 14.5. The number of hydrogen-bond donors (Lipinski definition) is 3. The Morgan fingerprint density at radius 3 is 2.23 bits per heavy atom. The van der Waals surface area contributed by atoms with Gasteiger partial charge in [-0.25, -0.2) is 14.4 Å². The third-order valence-electron chi connectivity index (χ3n) is 15.4. The van der Waals surface area contributed by atoms with Gasteiger partial charge < -0.3 is 39.0 Å². The maximum Gasteiger partial charge on any atom is 0.338 e. The number of ketones is 1. The topological polar surface area (TPSA) is 209 Å². The molecule has 3 N–H and O–H groups in total. The predicted molar refractivity (Wildman–Crippen MR) is 173 cm³/mol. The smallest absolute Gasteiger partial charge is 0.338 e. The van der Waals surface area contributed by atoms with E-state index in [4.69, 9.17) is 23.7 Å². The molecule has 0 amide bonds. The van der Waals surface area contributed by atoms with Crippen LogP contribution >= 0.6 is 0 Å². The number of carbonyl (C=O) groups excluding carboxylic acids is 6. The van der Waals surface area contributed by atoms with Gasteiger partial charge in [0.2, 0.25) is 5.78 Å². The van der Waals surface area contributed by atoms with Crippen LogP contribution in [-0.4, -0.2) is 93.4 Å². The van der Waals surface area contributed by atoms with Crippen LogP contribution in [0, 0.1) is 52.3 Å². The molecule has 280 valence electrons. The van der Waals surface area contributed by atoms with Gasteiger partial charge in [-0.2, -0.15) is 0 Å². The van der Waals surface area contributed by atoms with Crippen molar-refractivity contribution in [2.24, 2.45) is 52.3 Å². The molecular weight excluding hydrogens is 692 g/mol. The molecule has 10 aliphatic rings. The molecule has 3 aliphatic heterocycles. The van der Waals surface area contributed by atoms with Gasteiger partial charge >= 0.3 is 29.8 Å². The fourth-order valence-electron chi connectivity index (χ4n) is 13.0. The predicted octanol–water partition coefficient (Wildman–Crippen LogP) is 1.06. The third kappa shape index (κ3) is 3.57. The maximum absolute atomic E-state index is 14.5. The number of hydrogen-bond acceptors (Lipinski definition) is 14. The van der Waals surface area contributed by atoms with Crippen LogP contribution in [0.15, 0.2) is 45.6 Å². The van der Waals surface area contributed by atoms with Gasteiger partial charge in [-0.05, 0) is 85.8 Å². The molecule has 0 saturated heterocycles. The molecule has 0 aromatic carbocycles. The Hall–Kier alpha value is -4.14. The lowest BCUT2D eigenvalue weighted by Gasteiger charge is -2.66. The van der Waals surface area contributed by atoms with Crippen molar-refractivity contribution in [3.05, 3.63) is 45.6 Å². The van der Waals surface area contributed by atoms with Crippen LogP contribution in [0.4, 0.5) is 0 Å². The van der Waals surface area contributed by atoms with Crippen LogP contribution in [-0.2, 0) is 52.5 Å². The fourth-order valence-corrected chi connectivity index (χ4v) is 13.0. The zero-order chi connectivity index (χ0) is 37.6. The summed E-state index contributed by atoms with van der Waals surface area (Å²) in [6, 6.07) is 0. The van der Waals surface area contributed by atoms with Crippen LogP contribution < -0.4 is 0 Å². The summed E-state index contributed by atoms with van der Waals surface area (Å²) in [6.07, 6.45) is 3.54. The highest BCUT2D eigenvalue weighted by atomic mass is 16.7. The standard InChI is InChI=1S/C39H40O14/c1-15-7-28(42)51-14-36(46)23-9-22(23)34(3)24(36)10-20-18(13-50-27(41)6-5-26(40)49-12-15)32(44)52-37(20)25(34)11-21-17-8-19(17)35(4)33(45)39(48)29(16(2)31(43)53-39)30(37)38(21,35)47/h7,11,17,19,22-25,30,46-48H,5-6,8-10,12-14H2,1-4H3. The minimum atomic E-state index is -2.73. The van der Waals surface area contributed by atoms with Gasteiger partial charge in [0.05, 0.1) is 29.7 Å². The minimum Gasteiger partial charge on any atom is -0.461 e. The molecule has 10 rings (SSSR count). The van der Waals surface area contributed by atoms with E-state index in [-0.39, 0.29) is 72.9 Å². The van der Waals surface area contributed by atoms with E-state index < -0.39 is 93.4 Å². The third-order valence-corrected chi connectivity index (χ3v) is 15.4. The van der Waals surface area contributed by atoms with E-state index in [1.807, 2.05) is 13.0 Å². The van der Waals surface area contributed by atoms with Gasteiger partial charge in [0.1, 0.15) is 31.0 Å². The van der Waals surface area contributed by atoms with Gasteiger partial charge in [-0.1, -0.05) is 13.0 Å². The van der Waals surface area contributed by atoms with Gasteiger partial charge in [-0.15, -0.1) is 0 Å². The Bertz CT molecular complexity index is 2060. The molecule has 6 saturated carbocycles. The Kier molecular flexibility index (Phi) is 6.15. The normalized spacial score (nSPS) is 50.5. The minimum absolute atomic E-state index is 0.0132. The molecule has 6 fully saturated rings. The zero-order valence-corrected chi connectivity index (χ0v) is 29.7. The van der Waals surface area contributed by atoms with E-state index in [0.717, 1.165) is 0 Å². The second-order valence-corrected chi connectivity index (χ2v) is 17.5. The van der Waals surface area contributed by atoms with Gasteiger partial charge in [0.25, 0.3) is 5.79 Å². The lowest BCUT2D eigenvalue weighted by Crippen LogP contribution is -2.77. The van der Waals surface area contributed by atoms with E-state index in [0.29, 0.717) is 29.6 Å². The summed E-state index contributed by atoms with van der Waals surface area (Å²) in [4.78, 5) is 80.6. The second-order valence-electron chi connectivity index (χ2n) is 17.5. The number of ether oxygens (including phenoxy) is 5. The second kappa shape index (κ2) is 9.74. The fraction of sp³-hybridized carbons (Fsp3) is 0.641. The van der Waals surface area contributed by atoms with E-state index in [2.05, 4.69) is 0 Å². The highest BCUT2D eigenvalue weighted by Gasteiger charge is 2.90. The van der Waals surface area contributed by atoms with E-state index in [1.165, 1.54) is 13.0 Å². The summed E-state index contributed by atoms with van der Waals surface area (Å²) in [5.41, 5.74) is -6.83. The number of esters is 5. The molecule has 13 atom stereocenters. The van der Waals surface area contributed by atoms with Crippen molar-refractivity contribution in [1.29, 1.82) is 0 Å². The lowest BCUT2D eigenvalue weighted by molar-refractivity contribution is -0.248. The summed E-state index contributed by atoms with van der Waals surface area (Å²) in [5.74, 6) is -11.4. The van der Waals surface area contributed by atoms with Crippen molar-refractivity contribution in [1.82, 2.24) is 0 Å². The number of fused-ring (bicyclic) bond motifs is 9. The summed E-state index contributed by atoms with van der Waals surface area (Å²) in [6.45, 7) is 5.47. The van der Waals surface area contributed by atoms with Crippen molar-refractivity contribution in [2.45, 2.75) is 82.4 Å². The Morgan fingerprint density at radius 2 is 1.51 bits per heavy atom. The summed E-state index contributed by atoms with van der Waals surface area (Å²) in [7, 11) is 0. The van der Waals surface area contributed by atoms with E-state index >= 15 is 0 Å². The summed E-state index contributed by atoms with van der Waals surface area (Å²) in [5, 5.41) is 38.3. The van der Waals surface area contributed by atoms with Crippen LogP contribution in [0.3, 0.4) is 0 Å². The number of aliphatic hydroxyl groups is 3. The molecule has 0 radical (unpaired) electrons. The van der Waals surface area contributed by atoms with Crippen LogP contribution in [0.2, 0.25) is 0 Å². The number of carbonyl (C=O) groups is 6. The number of rotatable bonds is 0. The first kappa shape index (κ1) is 33.4. The Morgan fingerprint density at radius 1 is 0.811 bits per heavy atom. The first-order valence-corrected chi connectivity index (χ1v) is 18.4. The molecule has 13 unspecified atom stereocenters. The average molecular weight is 733 g/mol. The number of cyclic esters (lactones) is 3. The van der Waals surface area contributed by atoms with Crippen molar-refractivity contribution < 1.29 is 67.8 Å². The van der Waals surface area contributed by atoms with Crippen LogP contribution in [0.1, 0.15) is 59.8 Å². The van der Waals surface area contributed by atoms with Crippen molar-refractivity contribution in [3.63, 3.8) is 0 Å². The molecule has 3 heterocycles. The first-order valence-electron chi connectivity index (χ1n) is 18.4. The van der Waals surface area contributed by atoms with Gasteiger partial charge in [0.15, 0.2) is 5.60 Å². The van der Waals surface area contributed by atoms with E-state index in [9.17, 15) is 44.1 Å². The molecule has 2 bridgehead atoms. The molecule has 14 heteroatoms. The summed E-state index contributed by atoms with van der Waals surface area (Å²) >= 11 is 0. The van der Waals surface area contributed by atoms with E-state index in [1.54, 1.807) is 13.8 Å². The molecule has 1 spiro atoms. The van der Waals surface area contributed by atoms with Crippen LogP contribution in [0.5, 0.6) is 0 Å². The monoisotopic (exact) mass is 732 g/mol. The molecule has 0 aromatic heterocycles. The van der Waals surface area contributed by atoms with Crippen molar-refractivity contribution in [3.8, 4) is 0 Å². The SMILES string of the molecule is CC1=CC(=O)OCC2(O)C3CC3C3(C)C2CC2=C(COC(=O)CCC(=O)OC1)C(=O)OC21C3C=C2C3CC3C3(C)C(=O)C4(O)OC(=O)C(C)=C4C1C23O. The average Bonchev–Trinajstić information content (AvgIpc) is 4.01. The highest BCUT2D eigenvalue weighted by molar-refractivity contribution is 6.07. The molecule has 53 heavy (non-hydrogen) atoms. The molecule has 7 aliphatic carbocycles. The quantitative estimate of drug-likeness (QED) is 0.181. The van der Waals surface area contributed by atoms with Crippen molar-refractivity contribution >= 4 is 35.6 Å². The molecular formula is C39H40O14. The Labute approximate surface area is 303 Å². The first-order chi connectivity index (χ1) is 24.9. The summed E-state index contributed by atoms with van der Waals surface area (Å²) < 4.78 is 28.6. The van der Waals surface area contributed by atoms with Crippen molar-refractivity contribution in [2.75, 3.05) is 19.8 Å². The molecule has 14 nitrogen and oxygen atoms in total. The highest BCUT2D eigenvalue weighted by Crippen LogP contribution is 2.84. The Balaban J connectivity index is 1.21. The lowest BCUT2D eigenvalue weighted by atomic mass is 9.39. The molecule has 0 aromatic rings. The van der Waals surface area contributed by atoms with Crippen LogP contribution in [0.25, 0.3) is 0 Å². The zero-order valence-electron chi connectivity index (χ0n) is 29.7. The van der Waals surface area contributed by atoms with Gasteiger partial charge in [-0.3, -0.25) is 14.4 Å².